The molecule has 12 heteroatoms. The Labute approximate surface area is 183 Å². The Kier molecular flexibility index (Phi) is 8.07. The van der Waals surface area contributed by atoms with E-state index in [9.17, 15) is 17.6 Å². The van der Waals surface area contributed by atoms with Crippen molar-refractivity contribution in [2.75, 3.05) is 51.1 Å². The Balaban J connectivity index is 1.84. The first-order valence-electron chi connectivity index (χ1n) is 9.55. The average Bonchev–Trinajstić information content (AvgIpc) is 3.17. The maximum absolute atomic E-state index is 13.2. The Hall–Kier alpha value is -2.41. The zero-order valence-corrected chi connectivity index (χ0v) is 18.5. The number of morpholine rings is 1. The van der Waals surface area contributed by atoms with E-state index < -0.39 is 20.9 Å². The molecule has 1 aromatic heterocycles. The van der Waals surface area contributed by atoms with Crippen LogP contribution in [0.2, 0.25) is 0 Å². The Morgan fingerprint density at radius 3 is 2.65 bits per heavy atom. The number of amides is 1. The van der Waals surface area contributed by atoms with Crippen LogP contribution in [0.15, 0.2) is 40.5 Å². The van der Waals surface area contributed by atoms with E-state index in [1.807, 2.05) is 0 Å². The van der Waals surface area contributed by atoms with E-state index in [0.717, 1.165) is 6.20 Å². The molecule has 1 aliphatic rings. The molecule has 0 spiro atoms. The summed E-state index contributed by atoms with van der Waals surface area (Å²) in [6, 6.07) is 5.96. The highest BCUT2D eigenvalue weighted by atomic mass is 32.2. The van der Waals surface area contributed by atoms with E-state index in [1.165, 1.54) is 31.4 Å². The van der Waals surface area contributed by atoms with E-state index in [1.54, 1.807) is 5.01 Å². The Bertz CT molecular complexity index is 1020. The van der Waals surface area contributed by atoms with E-state index in [4.69, 9.17) is 9.47 Å². The minimum atomic E-state index is -3.47. The van der Waals surface area contributed by atoms with Gasteiger partial charge in [-0.15, -0.1) is 0 Å². The second kappa shape index (κ2) is 10.8. The van der Waals surface area contributed by atoms with Gasteiger partial charge in [0.2, 0.25) is 0 Å². The van der Waals surface area contributed by atoms with Crippen LogP contribution < -0.4 is 5.32 Å². The molecule has 9 nitrogen and oxygen atoms in total. The van der Waals surface area contributed by atoms with Gasteiger partial charge in [0.15, 0.2) is 25.8 Å². The molecule has 1 N–H and O–H groups in total. The van der Waals surface area contributed by atoms with Gasteiger partial charge in [-0.05, 0) is 18.6 Å². The van der Waals surface area contributed by atoms with Gasteiger partial charge in [0, 0.05) is 19.3 Å². The number of thiazole rings is 1. The van der Waals surface area contributed by atoms with E-state index in [-0.39, 0.29) is 21.5 Å². The summed E-state index contributed by atoms with van der Waals surface area (Å²) in [4.78, 5) is 16.8. The number of carbonyl (C=O) groups excluding carboxylic acids is 1. The molecule has 0 radical (unpaired) electrons. The summed E-state index contributed by atoms with van der Waals surface area (Å²) < 4.78 is 48.3. The molecule has 168 valence electrons. The summed E-state index contributed by atoms with van der Waals surface area (Å²) in [5.41, 5.74) is 0.498. The molecule has 2 heterocycles. The number of sulfone groups is 1. The topological polar surface area (TPSA) is 110 Å². The normalized spacial score (nSPS) is 15.2. The minimum Gasteiger partial charge on any atom is -0.385 e. The Morgan fingerprint density at radius 2 is 2.03 bits per heavy atom. The maximum atomic E-state index is 13.2. The summed E-state index contributed by atoms with van der Waals surface area (Å²) in [6.45, 7) is 2.33. The van der Waals surface area contributed by atoms with Crippen LogP contribution >= 0.6 is 11.3 Å². The molecule has 0 unspecified atom stereocenters. The van der Waals surface area contributed by atoms with Crippen LogP contribution in [0.3, 0.4) is 0 Å². The lowest BCUT2D eigenvalue weighted by Crippen LogP contribution is -2.35. The predicted molar refractivity (Wildman–Crippen MR) is 115 cm³/mol. The number of ether oxygens (including phenoxy) is 2. The molecule has 0 bridgehead atoms. The third-order valence-electron chi connectivity index (χ3n) is 4.39. The van der Waals surface area contributed by atoms with Crippen molar-refractivity contribution >= 4 is 37.9 Å². The number of hydrogen-bond donors (Lipinski definition) is 1. The summed E-state index contributed by atoms with van der Waals surface area (Å²) in [6.07, 6.45) is 1.40. The zero-order chi connectivity index (χ0) is 22.3. The predicted octanol–water partition coefficient (Wildman–Crippen LogP) is 1.77. The Morgan fingerprint density at radius 1 is 1.32 bits per heavy atom. The van der Waals surface area contributed by atoms with E-state index in [2.05, 4.69) is 15.4 Å². The standard InChI is InChI=1S/C19H23FN4O5S2/c1-28-9-2-12-31(26,27)15-5-3-14(4-6-15)17(23-24-7-10-29-11-8-24)18(25)22-19-21-13-16(20)30-19/h3-6,13H,2,7-12H2,1H3,(H,21,22,25). The van der Waals surface area contributed by atoms with Crippen molar-refractivity contribution in [2.45, 2.75) is 11.3 Å². The highest BCUT2D eigenvalue weighted by Gasteiger charge is 2.21. The van der Waals surface area contributed by atoms with E-state index >= 15 is 0 Å². The van der Waals surface area contributed by atoms with Crippen LogP contribution in [0.4, 0.5) is 9.52 Å². The molecule has 1 aliphatic heterocycles. The lowest BCUT2D eigenvalue weighted by Gasteiger charge is -2.24. The summed E-state index contributed by atoms with van der Waals surface area (Å²) in [7, 11) is -1.95. The van der Waals surface area contributed by atoms with Crippen LogP contribution in [-0.4, -0.2) is 75.8 Å². The quantitative estimate of drug-likeness (QED) is 0.439. The number of halogens is 1. The largest absolute Gasteiger partial charge is 0.385 e. The van der Waals surface area contributed by atoms with Crippen molar-refractivity contribution in [3.05, 3.63) is 41.2 Å². The number of hydrogen-bond acceptors (Lipinski definition) is 9. The highest BCUT2D eigenvalue weighted by Crippen LogP contribution is 2.18. The number of aromatic nitrogens is 1. The lowest BCUT2D eigenvalue weighted by atomic mass is 10.1. The molecule has 31 heavy (non-hydrogen) atoms. The first-order chi connectivity index (χ1) is 14.9. The third kappa shape index (κ3) is 6.53. The molecule has 1 amide bonds. The van der Waals surface area contributed by atoms with Crippen LogP contribution in [0, 0.1) is 5.13 Å². The lowest BCUT2D eigenvalue weighted by molar-refractivity contribution is -0.110. The van der Waals surface area contributed by atoms with Crippen LogP contribution in [0.25, 0.3) is 0 Å². The van der Waals surface area contributed by atoms with Gasteiger partial charge < -0.3 is 9.47 Å². The number of hydrazone groups is 1. The van der Waals surface area contributed by atoms with Crippen LogP contribution in [0.1, 0.15) is 12.0 Å². The minimum absolute atomic E-state index is 0.0367. The molecule has 1 fully saturated rings. The molecule has 1 aromatic carbocycles. The monoisotopic (exact) mass is 470 g/mol. The molecule has 0 aliphatic carbocycles. The fourth-order valence-corrected chi connectivity index (χ4v) is 4.65. The zero-order valence-electron chi connectivity index (χ0n) is 16.9. The molecular formula is C19H23FN4O5S2. The van der Waals surface area contributed by atoms with Crippen molar-refractivity contribution < 1.29 is 27.1 Å². The van der Waals surface area contributed by atoms with Gasteiger partial charge in [0.25, 0.3) is 5.91 Å². The molecule has 0 saturated carbocycles. The molecule has 2 aromatic rings. The number of rotatable bonds is 9. The van der Waals surface area contributed by atoms with Gasteiger partial charge in [-0.2, -0.15) is 9.49 Å². The van der Waals surface area contributed by atoms with Crippen molar-refractivity contribution in [1.29, 1.82) is 0 Å². The van der Waals surface area contributed by atoms with Crippen molar-refractivity contribution in [2.24, 2.45) is 5.10 Å². The number of carbonyl (C=O) groups is 1. The van der Waals surface area contributed by atoms with Gasteiger partial charge >= 0.3 is 0 Å². The molecular weight excluding hydrogens is 447 g/mol. The number of nitrogens with zero attached hydrogens (tertiary/aromatic N) is 3. The van der Waals surface area contributed by atoms with Gasteiger partial charge in [-0.1, -0.05) is 23.5 Å². The van der Waals surface area contributed by atoms with E-state index in [0.29, 0.717) is 56.2 Å². The van der Waals surface area contributed by atoms with Crippen LogP contribution in [0.5, 0.6) is 0 Å². The maximum Gasteiger partial charge on any atom is 0.278 e. The van der Waals surface area contributed by atoms with Crippen molar-refractivity contribution in [1.82, 2.24) is 9.99 Å². The fraction of sp³-hybridized carbons (Fsp3) is 0.421. The molecule has 3 rings (SSSR count). The van der Waals surface area contributed by atoms with Gasteiger partial charge in [0.1, 0.15) is 0 Å². The average molecular weight is 471 g/mol. The summed E-state index contributed by atoms with van der Waals surface area (Å²) in [5, 5.41) is 8.26. The molecule has 1 saturated heterocycles. The number of benzene rings is 1. The smallest absolute Gasteiger partial charge is 0.278 e. The second-order valence-corrected chi connectivity index (χ2v) is 9.72. The molecule has 0 atom stereocenters. The summed E-state index contributed by atoms with van der Waals surface area (Å²) >= 11 is 0.702. The fourth-order valence-electron chi connectivity index (χ4n) is 2.83. The van der Waals surface area contributed by atoms with Gasteiger partial charge in [-0.25, -0.2) is 13.4 Å². The van der Waals surface area contributed by atoms with Crippen molar-refractivity contribution in [3.8, 4) is 0 Å². The number of anilines is 1. The van der Waals surface area contributed by atoms with Gasteiger partial charge in [0.05, 0.1) is 43.1 Å². The number of nitrogens with one attached hydrogen (secondary N) is 1. The van der Waals surface area contributed by atoms with Crippen molar-refractivity contribution in [3.63, 3.8) is 0 Å². The second-order valence-electron chi connectivity index (χ2n) is 6.63. The summed E-state index contributed by atoms with van der Waals surface area (Å²) in [5.74, 6) is -0.609. The highest BCUT2D eigenvalue weighted by molar-refractivity contribution is 7.91. The van der Waals surface area contributed by atoms with Gasteiger partial charge in [-0.3, -0.25) is 15.1 Å². The van der Waals surface area contributed by atoms with Crippen LogP contribution in [-0.2, 0) is 24.1 Å². The number of methoxy groups -OCH3 is 1. The first kappa shape index (κ1) is 23.3. The first-order valence-corrected chi connectivity index (χ1v) is 12.0. The SMILES string of the molecule is COCCCS(=O)(=O)c1ccc(C(=NN2CCOCC2)C(=O)Nc2ncc(F)s2)cc1. The third-order valence-corrected chi connectivity index (χ3v) is 6.91.